The smallest absolute Gasteiger partial charge is 0.280 e. The molecule has 0 aliphatic heterocycles. The van der Waals surface area contributed by atoms with E-state index >= 15 is 0 Å². The first-order valence-corrected chi connectivity index (χ1v) is 4.39. The van der Waals surface area contributed by atoms with Crippen molar-refractivity contribution in [1.82, 2.24) is 9.78 Å². The molecule has 1 heterocycles. The van der Waals surface area contributed by atoms with Crippen LogP contribution in [0.2, 0.25) is 0 Å². The largest absolute Gasteiger partial charge is 0.299 e. The Morgan fingerprint density at radius 3 is 2.64 bits per heavy atom. The zero-order valence-corrected chi connectivity index (χ0v) is 8.23. The molecule has 1 rings (SSSR count). The molecule has 3 nitrogen and oxygen atoms in total. The highest BCUT2D eigenvalue weighted by atomic mass is 79.9. The zero-order valence-electron chi connectivity index (χ0n) is 6.65. The molecule has 0 aliphatic carbocycles. The molecule has 1 aromatic rings. The van der Waals surface area contributed by atoms with Crippen LogP contribution in [0.1, 0.15) is 19.0 Å². The van der Waals surface area contributed by atoms with E-state index in [1.165, 1.54) is 4.68 Å². The fourth-order valence-corrected chi connectivity index (χ4v) is 1.55. The fourth-order valence-electron chi connectivity index (χ4n) is 0.994. The average molecular weight is 219 g/mol. The Morgan fingerprint density at radius 2 is 2.27 bits per heavy atom. The second kappa shape index (κ2) is 3.26. The van der Waals surface area contributed by atoms with Crippen LogP contribution >= 0.6 is 15.9 Å². The van der Waals surface area contributed by atoms with Gasteiger partial charge in [0.1, 0.15) is 4.47 Å². The SMILES string of the molecule is CCCc1[nH]n(C)c(=O)c1Br. The van der Waals surface area contributed by atoms with Crippen LogP contribution < -0.4 is 5.56 Å². The number of nitrogens with zero attached hydrogens (tertiary/aromatic N) is 1. The van der Waals surface area contributed by atoms with Gasteiger partial charge in [-0.2, -0.15) is 0 Å². The Kier molecular flexibility index (Phi) is 2.54. The van der Waals surface area contributed by atoms with Gasteiger partial charge in [-0.3, -0.25) is 14.6 Å². The number of aromatic amines is 1. The summed E-state index contributed by atoms with van der Waals surface area (Å²) in [6.07, 6.45) is 1.95. The van der Waals surface area contributed by atoms with Gasteiger partial charge in [-0.05, 0) is 22.4 Å². The molecule has 0 radical (unpaired) electrons. The number of nitrogens with one attached hydrogen (secondary N) is 1. The lowest BCUT2D eigenvalue weighted by atomic mass is 10.3. The molecule has 11 heavy (non-hydrogen) atoms. The first-order valence-electron chi connectivity index (χ1n) is 3.60. The van der Waals surface area contributed by atoms with Crippen molar-refractivity contribution < 1.29 is 0 Å². The monoisotopic (exact) mass is 218 g/mol. The first-order chi connectivity index (χ1) is 5.16. The number of H-pyrrole nitrogens is 1. The van der Waals surface area contributed by atoms with Crippen LogP contribution in [-0.2, 0) is 13.5 Å². The molecule has 0 aromatic carbocycles. The maximum Gasteiger partial charge on any atom is 0.280 e. The standard InChI is InChI=1S/C7H11BrN2O/c1-3-4-5-6(8)7(11)10(2)9-5/h9H,3-4H2,1-2H3. The van der Waals surface area contributed by atoms with E-state index in [-0.39, 0.29) is 5.56 Å². The van der Waals surface area contributed by atoms with E-state index in [4.69, 9.17) is 0 Å². The van der Waals surface area contributed by atoms with Crippen LogP contribution in [0.4, 0.5) is 0 Å². The van der Waals surface area contributed by atoms with E-state index in [9.17, 15) is 4.79 Å². The second-order valence-corrected chi connectivity index (χ2v) is 3.31. The number of aryl methyl sites for hydroxylation is 2. The third-order valence-electron chi connectivity index (χ3n) is 1.56. The first kappa shape index (κ1) is 8.59. The minimum Gasteiger partial charge on any atom is -0.299 e. The van der Waals surface area contributed by atoms with Gasteiger partial charge in [0.2, 0.25) is 0 Å². The molecule has 0 spiro atoms. The summed E-state index contributed by atoms with van der Waals surface area (Å²) in [5.74, 6) is 0. The van der Waals surface area contributed by atoms with Crippen LogP contribution in [0.25, 0.3) is 0 Å². The molecule has 1 aromatic heterocycles. The fraction of sp³-hybridized carbons (Fsp3) is 0.571. The summed E-state index contributed by atoms with van der Waals surface area (Å²) in [7, 11) is 1.71. The Bertz CT molecular complexity index is 300. The van der Waals surface area contributed by atoms with Gasteiger partial charge in [0.25, 0.3) is 5.56 Å². The third-order valence-corrected chi connectivity index (χ3v) is 2.38. The number of hydrogen-bond donors (Lipinski definition) is 1. The quantitative estimate of drug-likeness (QED) is 0.802. The highest BCUT2D eigenvalue weighted by Crippen LogP contribution is 2.10. The van der Waals surface area contributed by atoms with Gasteiger partial charge in [-0.1, -0.05) is 13.3 Å². The summed E-state index contributed by atoms with van der Waals surface area (Å²) >= 11 is 3.24. The normalized spacial score (nSPS) is 10.5. The van der Waals surface area contributed by atoms with E-state index in [1.807, 2.05) is 0 Å². The number of rotatable bonds is 2. The van der Waals surface area contributed by atoms with Crippen molar-refractivity contribution in [2.75, 3.05) is 0 Å². The molecule has 0 fully saturated rings. The van der Waals surface area contributed by atoms with Crippen LogP contribution in [-0.4, -0.2) is 9.78 Å². The summed E-state index contributed by atoms with van der Waals surface area (Å²) in [4.78, 5) is 11.1. The predicted molar refractivity (Wildman–Crippen MR) is 47.7 cm³/mol. The Morgan fingerprint density at radius 1 is 1.64 bits per heavy atom. The lowest BCUT2D eigenvalue weighted by molar-refractivity contribution is 0.713. The molecule has 0 bridgehead atoms. The highest BCUT2D eigenvalue weighted by molar-refractivity contribution is 9.10. The maximum absolute atomic E-state index is 11.1. The molecule has 1 N–H and O–H groups in total. The van der Waals surface area contributed by atoms with Crippen molar-refractivity contribution in [3.05, 3.63) is 20.5 Å². The summed E-state index contributed by atoms with van der Waals surface area (Å²) in [5.41, 5.74) is 0.994. The van der Waals surface area contributed by atoms with Crippen LogP contribution in [0.5, 0.6) is 0 Å². The molecular formula is C7H11BrN2O. The van der Waals surface area contributed by atoms with E-state index in [2.05, 4.69) is 28.0 Å². The molecule has 0 saturated heterocycles. The minimum atomic E-state index is 0.00782. The van der Waals surface area contributed by atoms with Crippen molar-refractivity contribution in [2.45, 2.75) is 19.8 Å². The average Bonchev–Trinajstić information content (AvgIpc) is 2.19. The van der Waals surface area contributed by atoms with Gasteiger partial charge in [-0.25, -0.2) is 0 Å². The second-order valence-electron chi connectivity index (χ2n) is 2.52. The van der Waals surface area contributed by atoms with E-state index in [0.717, 1.165) is 18.5 Å². The lowest BCUT2D eigenvalue weighted by Crippen LogP contribution is -2.11. The van der Waals surface area contributed by atoms with Gasteiger partial charge in [0.05, 0.1) is 5.69 Å². The Hall–Kier alpha value is -0.510. The van der Waals surface area contributed by atoms with Gasteiger partial charge in [-0.15, -0.1) is 0 Å². The van der Waals surface area contributed by atoms with Gasteiger partial charge < -0.3 is 0 Å². The van der Waals surface area contributed by atoms with Crippen molar-refractivity contribution in [3.63, 3.8) is 0 Å². The van der Waals surface area contributed by atoms with E-state index < -0.39 is 0 Å². The molecule has 0 aliphatic rings. The molecule has 0 atom stereocenters. The Balaban J connectivity index is 3.08. The summed E-state index contributed by atoms with van der Waals surface area (Å²) in [6.45, 7) is 2.08. The number of aromatic nitrogens is 2. The summed E-state index contributed by atoms with van der Waals surface area (Å²) in [5, 5.41) is 2.97. The van der Waals surface area contributed by atoms with Gasteiger partial charge in [0, 0.05) is 7.05 Å². The van der Waals surface area contributed by atoms with Crippen molar-refractivity contribution in [1.29, 1.82) is 0 Å². The highest BCUT2D eigenvalue weighted by Gasteiger charge is 2.06. The maximum atomic E-state index is 11.1. The lowest BCUT2D eigenvalue weighted by Gasteiger charge is -1.91. The van der Waals surface area contributed by atoms with Gasteiger partial charge >= 0.3 is 0 Å². The molecule has 4 heteroatoms. The van der Waals surface area contributed by atoms with Crippen LogP contribution in [0, 0.1) is 0 Å². The van der Waals surface area contributed by atoms with E-state index in [1.54, 1.807) is 7.05 Å². The van der Waals surface area contributed by atoms with Gasteiger partial charge in [0.15, 0.2) is 0 Å². The zero-order chi connectivity index (χ0) is 8.43. The molecule has 0 amide bonds. The molecule has 62 valence electrons. The minimum absolute atomic E-state index is 0.00782. The molecular weight excluding hydrogens is 208 g/mol. The third kappa shape index (κ3) is 1.56. The molecule has 0 saturated carbocycles. The summed E-state index contributed by atoms with van der Waals surface area (Å²) < 4.78 is 2.15. The van der Waals surface area contributed by atoms with Crippen molar-refractivity contribution in [2.24, 2.45) is 7.05 Å². The topological polar surface area (TPSA) is 37.8 Å². The van der Waals surface area contributed by atoms with Crippen LogP contribution in [0.15, 0.2) is 9.27 Å². The molecule has 0 unspecified atom stereocenters. The summed E-state index contributed by atoms with van der Waals surface area (Å²) in [6, 6.07) is 0. The number of halogens is 1. The van der Waals surface area contributed by atoms with E-state index in [0.29, 0.717) is 4.47 Å². The number of hydrogen-bond acceptors (Lipinski definition) is 1. The predicted octanol–water partition coefficient (Wildman–Crippen LogP) is 1.43. The van der Waals surface area contributed by atoms with Crippen molar-refractivity contribution >= 4 is 15.9 Å². The van der Waals surface area contributed by atoms with Crippen LogP contribution in [0.3, 0.4) is 0 Å². The van der Waals surface area contributed by atoms with Crippen molar-refractivity contribution in [3.8, 4) is 0 Å². The Labute approximate surface area is 73.5 Å².